The number of nitrogens with two attached hydrogens (primary N) is 1. The van der Waals surface area contributed by atoms with E-state index in [1.807, 2.05) is 13.8 Å². The number of aliphatic carboxylic acids is 1. The molecule has 0 spiro atoms. The Morgan fingerprint density at radius 1 is 1.10 bits per heavy atom. The molecule has 8 heteroatoms. The number of urea groups is 1. The number of fused-ring (bicyclic) bond motifs is 2. The second kappa shape index (κ2) is 10.2. The van der Waals surface area contributed by atoms with Gasteiger partial charge in [0.1, 0.15) is 12.1 Å². The number of carboxylic acid groups (broad SMARTS) is 1. The second-order valence-corrected chi connectivity index (χ2v) is 10.6. The van der Waals surface area contributed by atoms with E-state index in [1.54, 1.807) is 0 Å². The molecule has 0 radical (unpaired) electrons. The normalized spacial score (nSPS) is 28.2. The maximum Gasteiger partial charge on any atom is 0.326 e. The van der Waals surface area contributed by atoms with Crippen LogP contribution in [0, 0.1) is 22.7 Å². The third kappa shape index (κ3) is 5.70. The first-order valence-corrected chi connectivity index (χ1v) is 11.7. The van der Waals surface area contributed by atoms with Crippen molar-refractivity contribution in [3.8, 4) is 0 Å². The number of nitrogens with one attached hydrogen (secondary N) is 3. The van der Waals surface area contributed by atoms with Gasteiger partial charge in [0, 0.05) is 6.04 Å². The van der Waals surface area contributed by atoms with Crippen molar-refractivity contribution in [3.05, 3.63) is 0 Å². The number of carbonyl (C=O) groups excluding carboxylic acids is 2. The number of hydrogen-bond donors (Lipinski definition) is 5. The number of carbonyl (C=O) groups is 3. The zero-order valence-electron chi connectivity index (χ0n) is 19.8. The quantitative estimate of drug-likeness (QED) is 0.316. The Bertz CT molecular complexity index is 666. The van der Waals surface area contributed by atoms with Gasteiger partial charge in [-0.2, -0.15) is 0 Å². The van der Waals surface area contributed by atoms with Crippen molar-refractivity contribution in [2.24, 2.45) is 28.4 Å². The lowest BCUT2D eigenvalue weighted by atomic mass is 9.69. The van der Waals surface area contributed by atoms with E-state index in [1.165, 1.54) is 6.42 Å². The molecule has 2 rings (SSSR count). The van der Waals surface area contributed by atoms with Gasteiger partial charge in [0.05, 0.1) is 0 Å². The minimum Gasteiger partial charge on any atom is -0.480 e. The Labute approximate surface area is 186 Å². The Kier molecular flexibility index (Phi) is 8.36. The molecule has 2 aliphatic rings. The molecule has 0 heterocycles. The van der Waals surface area contributed by atoms with Crippen LogP contribution in [0.3, 0.4) is 0 Å². The topological polar surface area (TPSA) is 134 Å². The summed E-state index contributed by atoms with van der Waals surface area (Å²) in [5.41, 5.74) is 5.69. The lowest BCUT2D eigenvalue weighted by Crippen LogP contribution is -2.56. The fraction of sp³-hybridized carbons (Fsp3) is 0.870. The van der Waals surface area contributed by atoms with Crippen molar-refractivity contribution in [2.45, 2.75) is 97.7 Å². The van der Waals surface area contributed by atoms with Gasteiger partial charge in [-0.25, -0.2) is 9.59 Å². The van der Waals surface area contributed by atoms with Crippen LogP contribution in [-0.4, -0.2) is 47.7 Å². The average molecular weight is 439 g/mol. The average Bonchev–Trinajstić information content (AvgIpc) is 2.99. The number of carboxylic acids is 1. The Morgan fingerprint density at radius 3 is 2.23 bits per heavy atom. The van der Waals surface area contributed by atoms with E-state index in [0.717, 1.165) is 12.8 Å². The first-order chi connectivity index (χ1) is 14.4. The molecule has 31 heavy (non-hydrogen) atoms. The predicted octanol–water partition coefficient (Wildman–Crippen LogP) is 2.61. The fourth-order valence-corrected chi connectivity index (χ4v) is 5.51. The van der Waals surface area contributed by atoms with Crippen LogP contribution in [0.5, 0.6) is 0 Å². The monoisotopic (exact) mass is 438 g/mol. The van der Waals surface area contributed by atoms with Gasteiger partial charge in [0.25, 0.3) is 0 Å². The molecule has 2 bridgehead atoms. The number of amides is 3. The van der Waals surface area contributed by atoms with Crippen LogP contribution in [0.15, 0.2) is 0 Å². The van der Waals surface area contributed by atoms with Crippen molar-refractivity contribution < 1.29 is 19.5 Å². The molecule has 0 aliphatic heterocycles. The molecular formula is C23H42N4O4. The lowest BCUT2D eigenvalue weighted by molar-refractivity contribution is -0.139. The summed E-state index contributed by atoms with van der Waals surface area (Å²) < 4.78 is 0. The summed E-state index contributed by atoms with van der Waals surface area (Å²) >= 11 is 0. The molecule has 5 atom stereocenters. The zero-order valence-corrected chi connectivity index (χ0v) is 19.8. The maximum absolute atomic E-state index is 13.1. The fourth-order valence-electron chi connectivity index (χ4n) is 5.51. The molecule has 0 aromatic heterocycles. The van der Waals surface area contributed by atoms with Crippen molar-refractivity contribution in [1.82, 2.24) is 16.0 Å². The molecule has 0 saturated heterocycles. The van der Waals surface area contributed by atoms with E-state index in [9.17, 15) is 19.5 Å². The van der Waals surface area contributed by atoms with Crippen molar-refractivity contribution in [3.63, 3.8) is 0 Å². The Hall–Kier alpha value is -1.83. The smallest absolute Gasteiger partial charge is 0.326 e. The van der Waals surface area contributed by atoms with Crippen LogP contribution in [0.2, 0.25) is 0 Å². The molecule has 178 valence electrons. The molecular weight excluding hydrogens is 396 g/mol. The SMILES string of the molecule is CC(C)C[C@@H](NC(=O)N[C@@H](CCCCN)C(=O)O)C(=O)NC1C[C@H]2CC[C@]1(C)C2(C)C. The Balaban J connectivity index is 2.00. The predicted molar refractivity (Wildman–Crippen MR) is 120 cm³/mol. The highest BCUT2D eigenvalue weighted by molar-refractivity contribution is 5.89. The van der Waals surface area contributed by atoms with Crippen LogP contribution in [0.1, 0.15) is 79.6 Å². The summed E-state index contributed by atoms with van der Waals surface area (Å²) in [7, 11) is 0. The first-order valence-electron chi connectivity index (χ1n) is 11.7. The molecule has 2 saturated carbocycles. The third-order valence-electron chi connectivity index (χ3n) is 7.99. The minimum absolute atomic E-state index is 0.0510. The summed E-state index contributed by atoms with van der Waals surface area (Å²) in [5, 5.41) is 17.8. The van der Waals surface area contributed by atoms with Crippen molar-refractivity contribution in [2.75, 3.05) is 6.54 Å². The van der Waals surface area contributed by atoms with Gasteiger partial charge < -0.3 is 26.8 Å². The molecule has 1 unspecified atom stereocenters. The Morgan fingerprint density at radius 2 is 1.74 bits per heavy atom. The van der Waals surface area contributed by atoms with Crippen LogP contribution >= 0.6 is 0 Å². The molecule has 8 nitrogen and oxygen atoms in total. The summed E-state index contributed by atoms with van der Waals surface area (Å²) in [5.74, 6) is -0.474. The van der Waals surface area contributed by atoms with E-state index in [4.69, 9.17) is 5.73 Å². The van der Waals surface area contributed by atoms with E-state index in [-0.39, 0.29) is 28.7 Å². The van der Waals surface area contributed by atoms with Gasteiger partial charge in [-0.1, -0.05) is 34.6 Å². The second-order valence-electron chi connectivity index (χ2n) is 10.6. The zero-order chi connectivity index (χ0) is 23.4. The van der Waals surface area contributed by atoms with Gasteiger partial charge >= 0.3 is 12.0 Å². The summed E-state index contributed by atoms with van der Waals surface area (Å²) in [6, 6.07) is -2.24. The van der Waals surface area contributed by atoms with Crippen molar-refractivity contribution >= 4 is 17.9 Å². The summed E-state index contributed by atoms with van der Waals surface area (Å²) in [6.07, 6.45) is 5.37. The molecule has 0 aromatic rings. The molecule has 3 amide bonds. The maximum atomic E-state index is 13.1. The summed E-state index contributed by atoms with van der Waals surface area (Å²) in [4.78, 5) is 37.1. The van der Waals surface area contributed by atoms with E-state index in [2.05, 4.69) is 36.7 Å². The number of unbranched alkanes of at least 4 members (excludes halogenated alkanes) is 1. The summed E-state index contributed by atoms with van der Waals surface area (Å²) in [6.45, 7) is 11.3. The van der Waals surface area contributed by atoms with Gasteiger partial charge in [-0.15, -0.1) is 0 Å². The third-order valence-corrected chi connectivity index (χ3v) is 7.99. The van der Waals surface area contributed by atoms with Crippen LogP contribution in [0.4, 0.5) is 4.79 Å². The van der Waals surface area contributed by atoms with Crippen LogP contribution in [0.25, 0.3) is 0 Å². The highest BCUT2D eigenvalue weighted by atomic mass is 16.4. The van der Waals surface area contributed by atoms with Crippen LogP contribution < -0.4 is 21.7 Å². The van der Waals surface area contributed by atoms with E-state index >= 15 is 0 Å². The number of rotatable bonds is 11. The van der Waals surface area contributed by atoms with E-state index in [0.29, 0.717) is 38.1 Å². The van der Waals surface area contributed by atoms with Gasteiger partial charge in [0.2, 0.25) is 5.91 Å². The van der Waals surface area contributed by atoms with Gasteiger partial charge in [-0.3, -0.25) is 4.79 Å². The van der Waals surface area contributed by atoms with E-state index < -0.39 is 24.1 Å². The molecule has 2 fully saturated rings. The molecule has 0 aromatic carbocycles. The highest BCUT2D eigenvalue weighted by Gasteiger charge is 2.61. The highest BCUT2D eigenvalue weighted by Crippen LogP contribution is 2.65. The molecule has 2 aliphatic carbocycles. The standard InChI is InChI=1S/C23H42N4O4/c1-14(2)12-17(26-21(31)25-16(20(29)30)8-6-7-11-24)19(28)27-18-13-15-9-10-23(18,5)22(15,3)4/h14-18H,6-13,24H2,1-5H3,(H,27,28)(H,29,30)(H2,25,26,31)/t15-,16+,17-,18?,23+/m1/s1. The van der Waals surface area contributed by atoms with Crippen molar-refractivity contribution in [1.29, 1.82) is 0 Å². The van der Waals surface area contributed by atoms with Gasteiger partial charge in [0.15, 0.2) is 0 Å². The first kappa shape index (κ1) is 25.4. The minimum atomic E-state index is -1.09. The van der Waals surface area contributed by atoms with Crippen LogP contribution in [-0.2, 0) is 9.59 Å². The lowest BCUT2D eigenvalue weighted by Gasteiger charge is -2.40. The largest absolute Gasteiger partial charge is 0.480 e. The molecule has 6 N–H and O–H groups in total. The number of hydrogen-bond acceptors (Lipinski definition) is 4. The van der Waals surface area contributed by atoms with Gasteiger partial charge in [-0.05, 0) is 74.2 Å².